The fraction of sp³-hybridized carbons (Fsp3) is 0.111. The first-order valence-corrected chi connectivity index (χ1v) is 10.1. The van der Waals surface area contributed by atoms with Gasteiger partial charge in [0.2, 0.25) is 0 Å². The molecule has 0 saturated heterocycles. The van der Waals surface area contributed by atoms with E-state index >= 15 is 0 Å². The maximum atomic E-state index is 14.5. The molecule has 0 aliphatic heterocycles. The quantitative estimate of drug-likeness (QED) is 0.190. The molecule has 0 aromatic heterocycles. The van der Waals surface area contributed by atoms with Crippen LogP contribution in [0.3, 0.4) is 0 Å². The van der Waals surface area contributed by atoms with E-state index in [1.165, 1.54) is 43.5 Å². The summed E-state index contributed by atoms with van der Waals surface area (Å²) in [5.41, 5.74) is 1.73. The molecule has 0 aliphatic carbocycles. The van der Waals surface area contributed by atoms with E-state index in [1.807, 2.05) is 0 Å². The third-order valence-electron chi connectivity index (χ3n) is 5.29. The van der Waals surface area contributed by atoms with Crippen molar-refractivity contribution in [3.63, 3.8) is 0 Å². The Balaban J connectivity index is 1.51. The zero-order chi connectivity index (χ0) is 23.5. The minimum Gasteiger partial charge on any atom is -0.497 e. The number of benzene rings is 4. The zero-order valence-electron chi connectivity index (χ0n) is 17.5. The molecule has 0 aliphatic rings. The summed E-state index contributed by atoms with van der Waals surface area (Å²) in [5, 5.41) is 0.0862. The van der Waals surface area contributed by atoms with Crippen LogP contribution >= 0.6 is 0 Å². The summed E-state index contributed by atoms with van der Waals surface area (Å²) in [6, 6.07) is 14.2. The molecular formula is C27H17F5O. The molecule has 0 radical (unpaired) electrons. The second-order valence-electron chi connectivity index (χ2n) is 7.44. The summed E-state index contributed by atoms with van der Waals surface area (Å²) in [7, 11) is 1.46. The first kappa shape index (κ1) is 22.3. The number of ether oxygens (including phenoxy) is 1. The Bertz CT molecular complexity index is 1420. The van der Waals surface area contributed by atoms with Gasteiger partial charge in [-0.2, -0.15) is 0 Å². The highest BCUT2D eigenvalue weighted by Gasteiger charge is 2.13. The molecule has 4 rings (SSSR count). The second-order valence-corrected chi connectivity index (χ2v) is 7.44. The highest BCUT2D eigenvalue weighted by molar-refractivity contribution is 5.84. The van der Waals surface area contributed by atoms with Crippen LogP contribution < -0.4 is 4.74 Å². The number of halogens is 5. The van der Waals surface area contributed by atoms with Crippen molar-refractivity contribution in [2.24, 2.45) is 0 Å². The van der Waals surface area contributed by atoms with Crippen molar-refractivity contribution in [1.82, 2.24) is 0 Å². The zero-order valence-corrected chi connectivity index (χ0v) is 17.5. The molecule has 0 atom stereocenters. The predicted octanol–water partition coefficient (Wildman–Crippen LogP) is 6.73. The van der Waals surface area contributed by atoms with Crippen molar-refractivity contribution in [2.45, 2.75) is 12.8 Å². The van der Waals surface area contributed by atoms with E-state index in [-0.39, 0.29) is 22.2 Å². The van der Waals surface area contributed by atoms with Gasteiger partial charge in [0.1, 0.15) is 17.4 Å². The van der Waals surface area contributed by atoms with Gasteiger partial charge in [0, 0.05) is 17.0 Å². The van der Waals surface area contributed by atoms with E-state index in [9.17, 15) is 22.0 Å². The van der Waals surface area contributed by atoms with E-state index < -0.39 is 23.3 Å². The molecule has 0 bridgehead atoms. The number of methoxy groups -OCH3 is 1. The third kappa shape index (κ3) is 4.83. The molecule has 166 valence electrons. The van der Waals surface area contributed by atoms with Crippen LogP contribution in [-0.4, -0.2) is 7.11 Å². The monoisotopic (exact) mass is 452 g/mol. The minimum atomic E-state index is -1.53. The lowest BCUT2D eigenvalue weighted by molar-refractivity contribution is 0.410. The normalized spacial score (nSPS) is 10.7. The van der Waals surface area contributed by atoms with Crippen molar-refractivity contribution < 1.29 is 26.7 Å². The Hall–Kier alpha value is -3.85. The van der Waals surface area contributed by atoms with E-state index in [4.69, 9.17) is 4.74 Å². The molecular weight excluding hydrogens is 435 g/mol. The van der Waals surface area contributed by atoms with Crippen LogP contribution in [0.25, 0.3) is 10.8 Å². The Morgan fingerprint density at radius 1 is 0.697 bits per heavy atom. The van der Waals surface area contributed by atoms with Crippen LogP contribution in [0.2, 0.25) is 0 Å². The molecule has 0 spiro atoms. The Morgan fingerprint density at radius 3 is 2.24 bits per heavy atom. The van der Waals surface area contributed by atoms with Crippen LogP contribution in [-0.2, 0) is 12.8 Å². The molecule has 4 aromatic carbocycles. The SMILES string of the molecule is COc1ccc(CCc2ccc(C#Cc3ccc4c(F)c(F)c(F)cc4c3)c(F)c2)c(F)c1. The number of hydrogen-bond acceptors (Lipinski definition) is 1. The van der Waals surface area contributed by atoms with Crippen LogP contribution in [0.15, 0.2) is 60.7 Å². The summed E-state index contributed by atoms with van der Waals surface area (Å²) in [4.78, 5) is 0. The highest BCUT2D eigenvalue weighted by Crippen LogP contribution is 2.24. The first-order chi connectivity index (χ1) is 15.9. The molecule has 0 unspecified atom stereocenters. The van der Waals surface area contributed by atoms with E-state index in [0.717, 1.165) is 6.07 Å². The molecule has 6 heteroatoms. The van der Waals surface area contributed by atoms with Gasteiger partial charge in [-0.15, -0.1) is 0 Å². The standard InChI is InChI=1S/C27H17F5O/c1-33-21-10-9-19(24(29)15-21)8-4-17-3-7-18(23(28)13-17)6-2-16-5-11-22-20(12-16)14-25(30)27(32)26(22)31/h3,5,7,9-15H,4,8H2,1H3. The maximum Gasteiger partial charge on any atom is 0.195 e. The van der Waals surface area contributed by atoms with Gasteiger partial charge in [0.05, 0.1) is 12.7 Å². The summed E-state index contributed by atoms with van der Waals surface area (Å²) in [5.74, 6) is 0.885. The first-order valence-electron chi connectivity index (χ1n) is 10.1. The van der Waals surface area contributed by atoms with Crippen molar-refractivity contribution in [3.8, 4) is 17.6 Å². The van der Waals surface area contributed by atoms with E-state index in [0.29, 0.717) is 35.3 Å². The van der Waals surface area contributed by atoms with E-state index in [2.05, 4.69) is 11.8 Å². The smallest absolute Gasteiger partial charge is 0.195 e. The van der Waals surface area contributed by atoms with Crippen molar-refractivity contribution in [2.75, 3.05) is 7.11 Å². The molecule has 0 amide bonds. The summed E-state index contributed by atoms with van der Waals surface area (Å²) in [6.07, 6.45) is 0.831. The number of fused-ring (bicyclic) bond motifs is 1. The van der Waals surface area contributed by atoms with Gasteiger partial charge in [-0.25, -0.2) is 22.0 Å². The summed E-state index contributed by atoms with van der Waals surface area (Å²) >= 11 is 0. The van der Waals surface area contributed by atoms with Gasteiger partial charge in [-0.1, -0.05) is 30.0 Å². The van der Waals surface area contributed by atoms with Crippen molar-refractivity contribution >= 4 is 10.8 Å². The highest BCUT2D eigenvalue weighted by atomic mass is 19.2. The van der Waals surface area contributed by atoms with Crippen LogP contribution in [0.1, 0.15) is 22.3 Å². The van der Waals surface area contributed by atoms with Crippen LogP contribution in [0.4, 0.5) is 22.0 Å². The average molecular weight is 452 g/mol. The fourth-order valence-corrected chi connectivity index (χ4v) is 3.47. The third-order valence-corrected chi connectivity index (χ3v) is 5.29. The molecule has 0 heterocycles. The molecule has 0 saturated carbocycles. The van der Waals surface area contributed by atoms with Crippen molar-refractivity contribution in [3.05, 3.63) is 112 Å². The fourth-order valence-electron chi connectivity index (χ4n) is 3.47. The molecule has 1 nitrogen and oxygen atoms in total. The predicted molar refractivity (Wildman–Crippen MR) is 117 cm³/mol. The molecule has 4 aromatic rings. The summed E-state index contributed by atoms with van der Waals surface area (Å²) < 4.78 is 74.3. The van der Waals surface area contributed by atoms with Gasteiger partial charge >= 0.3 is 0 Å². The van der Waals surface area contributed by atoms with E-state index in [1.54, 1.807) is 18.2 Å². The van der Waals surface area contributed by atoms with Gasteiger partial charge < -0.3 is 4.74 Å². The lowest BCUT2D eigenvalue weighted by Gasteiger charge is -2.06. The van der Waals surface area contributed by atoms with Gasteiger partial charge in [-0.05, 0) is 65.8 Å². The van der Waals surface area contributed by atoms with Crippen LogP contribution in [0.5, 0.6) is 5.75 Å². The Kier molecular flexibility index (Phi) is 6.32. The average Bonchev–Trinajstić information content (AvgIpc) is 2.81. The second kappa shape index (κ2) is 9.33. The lowest BCUT2D eigenvalue weighted by atomic mass is 10.0. The van der Waals surface area contributed by atoms with Gasteiger partial charge in [-0.3, -0.25) is 0 Å². The summed E-state index contributed by atoms with van der Waals surface area (Å²) in [6.45, 7) is 0. The number of rotatable bonds is 4. The topological polar surface area (TPSA) is 9.23 Å². The minimum absolute atomic E-state index is 0.0664. The molecule has 0 fully saturated rings. The van der Waals surface area contributed by atoms with Gasteiger partial charge in [0.25, 0.3) is 0 Å². The number of hydrogen-bond donors (Lipinski definition) is 0. The largest absolute Gasteiger partial charge is 0.497 e. The van der Waals surface area contributed by atoms with Crippen molar-refractivity contribution in [1.29, 1.82) is 0 Å². The lowest BCUT2D eigenvalue weighted by Crippen LogP contribution is -1.97. The Morgan fingerprint density at radius 2 is 1.52 bits per heavy atom. The Labute approximate surface area is 187 Å². The maximum absolute atomic E-state index is 14.5. The molecule has 0 N–H and O–H groups in total. The van der Waals surface area contributed by atoms with Gasteiger partial charge in [0.15, 0.2) is 17.5 Å². The molecule has 33 heavy (non-hydrogen) atoms. The van der Waals surface area contributed by atoms with Crippen LogP contribution in [0, 0.1) is 40.9 Å². The number of aryl methyl sites for hydroxylation is 2.